The number of nitro benzene ring substituents is 1. The predicted octanol–water partition coefficient (Wildman–Crippen LogP) is 5.89. The van der Waals surface area contributed by atoms with Crippen LogP contribution < -0.4 is 5.32 Å². The Bertz CT molecular complexity index is 841. The van der Waals surface area contributed by atoms with E-state index in [9.17, 15) is 10.1 Å². The number of rotatable bonds is 8. The van der Waals surface area contributed by atoms with Crippen LogP contribution in [-0.4, -0.2) is 43.6 Å². The van der Waals surface area contributed by atoms with Crippen molar-refractivity contribution in [3.05, 3.63) is 61.0 Å². The second kappa shape index (κ2) is 9.69. The van der Waals surface area contributed by atoms with E-state index >= 15 is 0 Å². The first-order valence-electron chi connectivity index (χ1n) is 8.76. The van der Waals surface area contributed by atoms with Crippen LogP contribution in [0.15, 0.2) is 55.6 Å². The molecule has 0 saturated carbocycles. The second-order valence-electron chi connectivity index (χ2n) is 7.50. The average Bonchev–Trinajstić information content (AvgIpc) is 2.60. The predicted molar refractivity (Wildman–Crippen MR) is 118 cm³/mol. The summed E-state index contributed by atoms with van der Waals surface area (Å²) in [5.41, 5.74) is 2.37. The number of likely N-dealkylation sites (N-methyl/N-ethyl adjacent to an activating group) is 1. The molecule has 0 aromatic heterocycles. The molecule has 1 unspecified atom stereocenters. The number of quaternary nitrogens is 1. The zero-order valence-corrected chi connectivity index (χ0v) is 19.5. The van der Waals surface area contributed by atoms with E-state index in [1.165, 1.54) is 17.7 Å². The highest BCUT2D eigenvalue weighted by atomic mass is 79.9. The monoisotopic (exact) mass is 512 g/mol. The minimum absolute atomic E-state index is 0.0196. The van der Waals surface area contributed by atoms with Gasteiger partial charge in [0.15, 0.2) is 0 Å². The molecule has 0 bridgehead atoms. The normalized spacial score (nSPS) is 13.1. The van der Waals surface area contributed by atoms with Crippen LogP contribution in [0, 0.1) is 10.1 Å². The fourth-order valence-corrected chi connectivity index (χ4v) is 3.75. The maximum atomic E-state index is 10.9. The summed E-state index contributed by atoms with van der Waals surface area (Å²) in [4.78, 5) is 10.4. The lowest BCUT2D eigenvalue weighted by atomic mass is 10.1. The Morgan fingerprint density at radius 3 is 2.18 bits per heavy atom. The number of nitrogens with zero attached hydrogens (tertiary/aromatic N) is 4. The van der Waals surface area contributed by atoms with Crippen LogP contribution in [0.2, 0.25) is 0 Å². The number of nitrogens with one attached hydrogen (secondary N) is 1. The van der Waals surface area contributed by atoms with E-state index in [-0.39, 0.29) is 11.7 Å². The van der Waals surface area contributed by atoms with Gasteiger partial charge in [0.25, 0.3) is 5.69 Å². The van der Waals surface area contributed by atoms with Crippen LogP contribution in [0.5, 0.6) is 0 Å². The lowest BCUT2D eigenvalue weighted by Crippen LogP contribution is -2.40. The summed E-state index contributed by atoms with van der Waals surface area (Å²) in [6.45, 7) is 4.13. The maximum absolute atomic E-state index is 10.9. The average molecular weight is 514 g/mol. The molecule has 2 aromatic rings. The summed E-state index contributed by atoms with van der Waals surface area (Å²) in [5, 5.41) is 22.9. The highest BCUT2D eigenvalue weighted by Crippen LogP contribution is 2.38. The second-order valence-corrected chi connectivity index (χ2v) is 9.21. The number of azo groups is 1. The van der Waals surface area contributed by atoms with Crippen molar-refractivity contribution in [2.24, 2.45) is 10.2 Å². The third-order valence-electron chi connectivity index (χ3n) is 4.10. The Kier molecular flexibility index (Phi) is 7.82. The molecule has 0 fully saturated rings. The molecule has 0 saturated heterocycles. The minimum atomic E-state index is -0.453. The number of hydrogen-bond donors (Lipinski definition) is 1. The summed E-state index contributed by atoms with van der Waals surface area (Å²) < 4.78 is 1.93. The Morgan fingerprint density at radius 1 is 1.11 bits per heavy atom. The van der Waals surface area contributed by atoms with E-state index in [2.05, 4.69) is 75.5 Å². The first kappa shape index (κ1) is 22.6. The third kappa shape index (κ3) is 6.73. The van der Waals surface area contributed by atoms with Gasteiger partial charge in [0, 0.05) is 24.7 Å². The highest BCUT2D eigenvalue weighted by molar-refractivity contribution is 9.11. The molecule has 0 aliphatic rings. The molecule has 2 aromatic carbocycles. The SMILES string of the molecule is CC(NCC[N+](C)(C)C)c1ccc(N=Nc2c(Br)cc([N+](=O)[O-])cc2Br)cc1. The molecule has 2 rings (SSSR count). The van der Waals surface area contributed by atoms with Gasteiger partial charge < -0.3 is 9.80 Å². The van der Waals surface area contributed by atoms with Crippen LogP contribution in [0.3, 0.4) is 0 Å². The number of nitro groups is 1. The Hall–Kier alpha value is -1.68. The molecule has 0 spiro atoms. The number of hydrogen-bond acceptors (Lipinski definition) is 5. The van der Waals surface area contributed by atoms with E-state index in [1.54, 1.807) is 0 Å². The van der Waals surface area contributed by atoms with Gasteiger partial charge in [0.1, 0.15) is 5.69 Å². The van der Waals surface area contributed by atoms with Crippen molar-refractivity contribution in [2.75, 3.05) is 34.2 Å². The van der Waals surface area contributed by atoms with Crippen LogP contribution in [-0.2, 0) is 0 Å². The summed E-state index contributed by atoms with van der Waals surface area (Å²) in [6.07, 6.45) is 0. The molecule has 0 amide bonds. The van der Waals surface area contributed by atoms with Crippen LogP contribution in [0.1, 0.15) is 18.5 Å². The third-order valence-corrected chi connectivity index (χ3v) is 5.31. The quantitative estimate of drug-likeness (QED) is 0.207. The van der Waals surface area contributed by atoms with Gasteiger partial charge in [-0.3, -0.25) is 10.1 Å². The zero-order chi connectivity index (χ0) is 20.9. The Labute approximate surface area is 181 Å². The van der Waals surface area contributed by atoms with Crippen molar-refractivity contribution in [2.45, 2.75) is 13.0 Å². The van der Waals surface area contributed by atoms with Gasteiger partial charge in [0.05, 0.1) is 47.2 Å². The molecule has 7 nitrogen and oxygen atoms in total. The minimum Gasteiger partial charge on any atom is -0.330 e. The first-order valence-corrected chi connectivity index (χ1v) is 10.3. The molecule has 0 aliphatic heterocycles. The van der Waals surface area contributed by atoms with Crippen molar-refractivity contribution in [3.63, 3.8) is 0 Å². The van der Waals surface area contributed by atoms with Crippen molar-refractivity contribution >= 4 is 48.9 Å². The molecule has 1 N–H and O–H groups in total. The number of non-ortho nitro benzene ring substituents is 1. The van der Waals surface area contributed by atoms with E-state index in [1.807, 2.05) is 24.3 Å². The largest absolute Gasteiger partial charge is 0.330 e. The zero-order valence-electron chi connectivity index (χ0n) is 16.3. The van der Waals surface area contributed by atoms with E-state index in [0.29, 0.717) is 20.3 Å². The van der Waals surface area contributed by atoms with Crippen molar-refractivity contribution in [1.82, 2.24) is 5.32 Å². The first-order chi connectivity index (χ1) is 13.1. The van der Waals surface area contributed by atoms with Gasteiger partial charge in [0.2, 0.25) is 0 Å². The van der Waals surface area contributed by atoms with E-state index in [0.717, 1.165) is 17.6 Å². The standard InChI is InChI=1S/C19H24Br2N5O2/c1-13(22-9-10-26(2,3)4)14-5-7-15(8-6-14)23-24-19-17(20)11-16(25(27)28)12-18(19)21/h5-8,11-13,22H,9-10H2,1-4H3/q+1. The molecule has 28 heavy (non-hydrogen) atoms. The van der Waals surface area contributed by atoms with Gasteiger partial charge in [-0.1, -0.05) is 12.1 Å². The van der Waals surface area contributed by atoms with Gasteiger partial charge in [-0.25, -0.2) is 0 Å². The maximum Gasteiger partial charge on any atom is 0.271 e. The smallest absolute Gasteiger partial charge is 0.271 e. The number of halogens is 2. The molecule has 0 aliphatic carbocycles. The molecule has 0 radical (unpaired) electrons. The van der Waals surface area contributed by atoms with Gasteiger partial charge in [-0.15, -0.1) is 5.11 Å². The topological polar surface area (TPSA) is 79.9 Å². The number of benzene rings is 2. The molecule has 0 heterocycles. The van der Waals surface area contributed by atoms with Crippen molar-refractivity contribution in [1.29, 1.82) is 0 Å². The molecule has 1 atom stereocenters. The van der Waals surface area contributed by atoms with Crippen LogP contribution in [0.4, 0.5) is 17.1 Å². The van der Waals surface area contributed by atoms with Gasteiger partial charge in [-0.05, 0) is 56.5 Å². The summed E-state index contributed by atoms with van der Waals surface area (Å²) >= 11 is 6.62. The fraction of sp³-hybridized carbons (Fsp3) is 0.368. The fourth-order valence-electron chi connectivity index (χ4n) is 2.42. The van der Waals surface area contributed by atoms with Gasteiger partial charge >= 0.3 is 0 Å². The van der Waals surface area contributed by atoms with E-state index < -0.39 is 4.92 Å². The lowest BCUT2D eigenvalue weighted by molar-refractivity contribution is -0.869. The molecular weight excluding hydrogens is 490 g/mol. The van der Waals surface area contributed by atoms with Crippen LogP contribution in [0.25, 0.3) is 0 Å². The Balaban J connectivity index is 2.05. The van der Waals surface area contributed by atoms with Gasteiger partial charge in [-0.2, -0.15) is 5.11 Å². The highest BCUT2D eigenvalue weighted by Gasteiger charge is 2.14. The van der Waals surface area contributed by atoms with Crippen LogP contribution >= 0.6 is 31.9 Å². The lowest BCUT2D eigenvalue weighted by Gasteiger charge is -2.25. The summed E-state index contributed by atoms with van der Waals surface area (Å²) in [7, 11) is 6.52. The van der Waals surface area contributed by atoms with Crippen molar-refractivity contribution in [3.8, 4) is 0 Å². The summed E-state index contributed by atoms with van der Waals surface area (Å²) in [6, 6.07) is 10.9. The molecule has 150 valence electrons. The van der Waals surface area contributed by atoms with Crippen molar-refractivity contribution < 1.29 is 9.41 Å². The molecule has 9 heteroatoms. The Morgan fingerprint density at radius 2 is 1.68 bits per heavy atom. The molecular formula is C19H24Br2N5O2+. The van der Waals surface area contributed by atoms with E-state index in [4.69, 9.17) is 0 Å². The summed E-state index contributed by atoms with van der Waals surface area (Å²) in [5.74, 6) is 0.